The Balaban J connectivity index is 2.03. The van der Waals surface area contributed by atoms with Gasteiger partial charge in [0.15, 0.2) is 0 Å². The Kier molecular flexibility index (Phi) is 6.38. The van der Waals surface area contributed by atoms with E-state index in [-0.39, 0.29) is 11.6 Å². The largest absolute Gasteiger partial charge is 0.366 e. The molecule has 1 fully saturated rings. The molecule has 0 atom stereocenters. The van der Waals surface area contributed by atoms with Gasteiger partial charge in [0, 0.05) is 31.3 Å². The van der Waals surface area contributed by atoms with Gasteiger partial charge in [0.1, 0.15) is 5.69 Å². The molecule has 0 bridgehead atoms. The molecule has 1 heterocycles. The first-order valence-electron chi connectivity index (χ1n) is 8.45. The summed E-state index contributed by atoms with van der Waals surface area (Å²) in [5.41, 5.74) is 0.993. The summed E-state index contributed by atoms with van der Waals surface area (Å²) in [4.78, 5) is 25.1. The molecular weight excluding hydrogens is 294 g/mol. The smallest absolute Gasteiger partial charge is 0.293 e. The highest BCUT2D eigenvalue weighted by molar-refractivity contribution is 5.95. The topological polar surface area (TPSA) is 75.5 Å². The predicted octanol–water partition coefficient (Wildman–Crippen LogP) is 3.51. The van der Waals surface area contributed by atoms with Gasteiger partial charge in [-0.15, -0.1) is 0 Å². The lowest BCUT2D eigenvalue weighted by atomic mass is 10.1. The summed E-state index contributed by atoms with van der Waals surface area (Å²) in [7, 11) is 0. The van der Waals surface area contributed by atoms with Gasteiger partial charge in [-0.05, 0) is 31.4 Å². The lowest BCUT2D eigenvalue weighted by molar-refractivity contribution is -0.384. The zero-order valence-electron chi connectivity index (χ0n) is 13.7. The van der Waals surface area contributed by atoms with E-state index in [1.54, 1.807) is 12.1 Å². The second-order valence-corrected chi connectivity index (χ2v) is 5.97. The second kappa shape index (κ2) is 8.50. The maximum absolute atomic E-state index is 12.1. The fourth-order valence-corrected chi connectivity index (χ4v) is 2.89. The average Bonchev–Trinajstić information content (AvgIpc) is 3.08. The molecule has 1 aromatic rings. The molecule has 126 valence electrons. The van der Waals surface area contributed by atoms with Crippen molar-refractivity contribution in [3.8, 4) is 0 Å². The standard InChI is InChI=1S/C17H25N3O3/c1-2-3-4-5-10-18-17(21)14-8-9-15(16(13-14)20(22)23)19-11-6-7-12-19/h8-9,13H,2-7,10-12H2,1H3,(H,18,21). The first-order valence-corrected chi connectivity index (χ1v) is 8.45. The van der Waals surface area contributed by atoms with E-state index in [1.807, 2.05) is 4.90 Å². The van der Waals surface area contributed by atoms with E-state index in [0.717, 1.165) is 51.6 Å². The van der Waals surface area contributed by atoms with Gasteiger partial charge in [-0.25, -0.2) is 0 Å². The van der Waals surface area contributed by atoms with Gasteiger partial charge in [0.25, 0.3) is 11.6 Å². The van der Waals surface area contributed by atoms with Crippen LogP contribution in [-0.4, -0.2) is 30.5 Å². The lowest BCUT2D eigenvalue weighted by Crippen LogP contribution is -2.25. The molecule has 0 aliphatic carbocycles. The summed E-state index contributed by atoms with van der Waals surface area (Å²) in [5.74, 6) is -0.238. The maximum atomic E-state index is 12.1. The Bertz CT molecular complexity index is 554. The number of hydrogen-bond acceptors (Lipinski definition) is 4. The highest BCUT2D eigenvalue weighted by atomic mass is 16.6. The number of carbonyl (C=O) groups excluding carboxylic acids is 1. The van der Waals surface area contributed by atoms with Crippen LogP contribution in [0.25, 0.3) is 0 Å². The molecule has 0 spiro atoms. The van der Waals surface area contributed by atoms with Crippen molar-refractivity contribution in [2.24, 2.45) is 0 Å². The third-order valence-electron chi connectivity index (χ3n) is 4.20. The number of unbranched alkanes of at least 4 members (excludes halogenated alkanes) is 3. The Hall–Kier alpha value is -2.11. The molecule has 1 saturated heterocycles. The van der Waals surface area contributed by atoms with Crippen LogP contribution in [0.3, 0.4) is 0 Å². The average molecular weight is 319 g/mol. The Morgan fingerprint density at radius 2 is 2.00 bits per heavy atom. The number of amides is 1. The summed E-state index contributed by atoms with van der Waals surface area (Å²) in [6, 6.07) is 4.78. The van der Waals surface area contributed by atoms with Gasteiger partial charge in [0.2, 0.25) is 0 Å². The number of nitrogens with zero attached hydrogens (tertiary/aromatic N) is 2. The van der Waals surface area contributed by atoms with Gasteiger partial charge in [-0.2, -0.15) is 0 Å². The number of hydrogen-bond donors (Lipinski definition) is 1. The molecule has 0 aromatic heterocycles. The third-order valence-corrected chi connectivity index (χ3v) is 4.20. The van der Waals surface area contributed by atoms with Crippen LogP contribution in [0, 0.1) is 10.1 Å². The van der Waals surface area contributed by atoms with Gasteiger partial charge in [-0.1, -0.05) is 26.2 Å². The van der Waals surface area contributed by atoms with Gasteiger partial charge < -0.3 is 10.2 Å². The number of anilines is 1. The number of nitro benzene ring substituents is 1. The first kappa shape index (κ1) is 17.2. The van der Waals surface area contributed by atoms with Crippen molar-refractivity contribution in [3.05, 3.63) is 33.9 Å². The van der Waals surface area contributed by atoms with Crippen LogP contribution < -0.4 is 10.2 Å². The Morgan fingerprint density at radius 1 is 1.26 bits per heavy atom. The summed E-state index contributed by atoms with van der Waals surface area (Å²) in [6.45, 7) is 4.42. The second-order valence-electron chi connectivity index (χ2n) is 5.97. The van der Waals surface area contributed by atoms with Crippen LogP contribution in [0.1, 0.15) is 55.8 Å². The van der Waals surface area contributed by atoms with Gasteiger partial charge >= 0.3 is 0 Å². The molecule has 1 N–H and O–H groups in total. The molecule has 6 nitrogen and oxygen atoms in total. The van der Waals surface area contributed by atoms with Crippen LogP contribution in [-0.2, 0) is 0 Å². The maximum Gasteiger partial charge on any atom is 0.293 e. The zero-order valence-corrected chi connectivity index (χ0v) is 13.7. The SMILES string of the molecule is CCCCCCNC(=O)c1ccc(N2CCCC2)c([N+](=O)[O-])c1. The first-order chi connectivity index (χ1) is 11.1. The van der Waals surface area contributed by atoms with E-state index in [4.69, 9.17) is 0 Å². The van der Waals surface area contributed by atoms with Crippen molar-refractivity contribution in [3.63, 3.8) is 0 Å². The minimum Gasteiger partial charge on any atom is -0.366 e. The van der Waals surface area contributed by atoms with E-state index < -0.39 is 4.92 Å². The van der Waals surface area contributed by atoms with Crippen LogP contribution in [0.4, 0.5) is 11.4 Å². The highest BCUT2D eigenvalue weighted by Gasteiger charge is 2.23. The zero-order chi connectivity index (χ0) is 16.7. The summed E-state index contributed by atoms with van der Waals surface area (Å²) >= 11 is 0. The molecule has 1 aromatic carbocycles. The number of benzene rings is 1. The van der Waals surface area contributed by atoms with Crippen molar-refractivity contribution >= 4 is 17.3 Å². The summed E-state index contributed by atoms with van der Waals surface area (Å²) in [5, 5.41) is 14.2. The molecule has 1 amide bonds. The molecule has 1 aliphatic rings. The van der Waals surface area contributed by atoms with Crippen molar-refractivity contribution < 1.29 is 9.72 Å². The highest BCUT2D eigenvalue weighted by Crippen LogP contribution is 2.31. The quantitative estimate of drug-likeness (QED) is 0.452. The lowest BCUT2D eigenvalue weighted by Gasteiger charge is -2.17. The van der Waals surface area contributed by atoms with Crippen LogP contribution in [0.5, 0.6) is 0 Å². The van der Waals surface area contributed by atoms with Gasteiger partial charge in [0.05, 0.1) is 4.92 Å². The van der Waals surface area contributed by atoms with Crippen molar-refractivity contribution in [1.82, 2.24) is 5.32 Å². The normalized spacial score (nSPS) is 14.0. The molecule has 23 heavy (non-hydrogen) atoms. The fourth-order valence-electron chi connectivity index (χ4n) is 2.89. The van der Waals surface area contributed by atoms with Crippen molar-refractivity contribution in [1.29, 1.82) is 0 Å². The monoisotopic (exact) mass is 319 g/mol. The number of nitro groups is 1. The van der Waals surface area contributed by atoms with E-state index in [2.05, 4.69) is 12.2 Å². The summed E-state index contributed by atoms with van der Waals surface area (Å²) in [6.07, 6.45) is 6.44. The molecular formula is C17H25N3O3. The van der Waals surface area contributed by atoms with Crippen LogP contribution in [0.15, 0.2) is 18.2 Å². The van der Waals surface area contributed by atoms with E-state index in [0.29, 0.717) is 17.8 Å². The minimum absolute atomic E-state index is 0.0190. The molecule has 0 saturated carbocycles. The molecule has 2 rings (SSSR count). The fraction of sp³-hybridized carbons (Fsp3) is 0.588. The Morgan fingerprint density at radius 3 is 2.65 bits per heavy atom. The molecule has 1 aliphatic heterocycles. The van der Waals surface area contributed by atoms with Crippen molar-refractivity contribution in [2.45, 2.75) is 45.4 Å². The van der Waals surface area contributed by atoms with Crippen LogP contribution >= 0.6 is 0 Å². The third kappa shape index (κ3) is 4.68. The Labute approximate surface area is 137 Å². The molecule has 0 unspecified atom stereocenters. The van der Waals surface area contributed by atoms with Crippen LogP contribution in [0.2, 0.25) is 0 Å². The van der Waals surface area contributed by atoms with E-state index in [1.165, 1.54) is 6.07 Å². The molecule has 6 heteroatoms. The molecule has 0 radical (unpaired) electrons. The van der Waals surface area contributed by atoms with Gasteiger partial charge in [-0.3, -0.25) is 14.9 Å². The predicted molar refractivity (Wildman–Crippen MR) is 91.0 cm³/mol. The van der Waals surface area contributed by atoms with E-state index in [9.17, 15) is 14.9 Å². The minimum atomic E-state index is -0.397. The number of carbonyl (C=O) groups is 1. The number of nitrogens with one attached hydrogen (secondary N) is 1. The summed E-state index contributed by atoms with van der Waals surface area (Å²) < 4.78 is 0. The van der Waals surface area contributed by atoms with E-state index >= 15 is 0 Å². The van der Waals surface area contributed by atoms with Crippen molar-refractivity contribution in [2.75, 3.05) is 24.5 Å². The number of rotatable bonds is 8.